The number of aromatic nitrogens is 1. The van der Waals surface area contributed by atoms with Gasteiger partial charge >= 0.3 is 11.1 Å². The van der Waals surface area contributed by atoms with Crippen LogP contribution in [0, 0.1) is 0 Å². The number of rotatable bonds is 1. The third-order valence-electron chi connectivity index (χ3n) is 1.79. The topological polar surface area (TPSA) is 56.1 Å². The second-order valence-electron chi connectivity index (χ2n) is 2.45. The molecule has 1 atom stereocenters. The van der Waals surface area contributed by atoms with Gasteiger partial charge in [-0.15, -0.1) is 0 Å². The van der Waals surface area contributed by atoms with Gasteiger partial charge in [-0.3, -0.25) is 19.0 Å². The lowest BCUT2D eigenvalue weighted by Crippen LogP contribution is -2.10. The van der Waals surface area contributed by atoms with Crippen molar-refractivity contribution in [3.8, 4) is 0 Å². The smallest absolute Gasteiger partial charge is 0.285 e. The maximum absolute atomic E-state index is 11.0. The van der Waals surface area contributed by atoms with Crippen molar-refractivity contribution >= 4 is 16.9 Å². The molecule has 0 bridgehead atoms. The molecule has 0 spiro atoms. The molecule has 2 heterocycles. The Balaban J connectivity index is 2.31. The highest BCUT2D eigenvalue weighted by atomic mass is 32.2. The van der Waals surface area contributed by atoms with Crippen molar-refractivity contribution in [2.45, 2.75) is 12.5 Å². The van der Waals surface area contributed by atoms with Crippen molar-refractivity contribution in [1.82, 2.24) is 4.57 Å². The molecule has 1 aliphatic rings. The fourth-order valence-corrected chi connectivity index (χ4v) is 2.11. The van der Waals surface area contributed by atoms with Crippen LogP contribution in [0.15, 0.2) is 9.59 Å². The average Bonchev–Trinajstić information content (AvgIpc) is 2.44. The predicted molar refractivity (Wildman–Crippen MR) is 40.5 cm³/mol. The molecule has 11 heavy (non-hydrogen) atoms. The third-order valence-corrected chi connectivity index (χ3v) is 2.79. The van der Waals surface area contributed by atoms with E-state index in [4.69, 9.17) is 0 Å². The first kappa shape index (κ1) is 6.84. The highest BCUT2D eigenvalue weighted by Crippen LogP contribution is 2.28. The Hall–Kier alpha value is -0.840. The van der Waals surface area contributed by atoms with Crippen LogP contribution in [0.5, 0.6) is 0 Å². The molecule has 1 aliphatic heterocycles. The van der Waals surface area contributed by atoms with Crippen molar-refractivity contribution < 1.29 is 4.79 Å². The standard InChI is InChI=1S/C6H5NO3S/c8-4-5(9)7(4)3-1-2-11-6(3)10/h3H,1-2H2/t3-/m1/s1. The van der Waals surface area contributed by atoms with E-state index in [-0.39, 0.29) is 5.12 Å². The normalized spacial score (nSPS) is 25.1. The fourth-order valence-electron chi connectivity index (χ4n) is 1.15. The Morgan fingerprint density at radius 2 is 1.91 bits per heavy atom. The number of thioether (sulfide) groups is 1. The van der Waals surface area contributed by atoms with Crippen LogP contribution in [0.3, 0.4) is 0 Å². The summed E-state index contributed by atoms with van der Waals surface area (Å²) in [4.78, 5) is 32.1. The molecule has 0 unspecified atom stereocenters. The molecule has 0 saturated carbocycles. The lowest BCUT2D eigenvalue weighted by Gasteiger charge is -1.97. The van der Waals surface area contributed by atoms with Gasteiger partial charge in [-0.1, -0.05) is 11.8 Å². The summed E-state index contributed by atoms with van der Waals surface area (Å²) in [5, 5.41) is -0.0517. The molecule has 0 amide bonds. The third kappa shape index (κ3) is 0.875. The van der Waals surface area contributed by atoms with Crippen LogP contribution in [-0.4, -0.2) is 15.4 Å². The number of nitrogens with zero attached hydrogens (tertiary/aromatic N) is 1. The van der Waals surface area contributed by atoms with E-state index in [1.54, 1.807) is 0 Å². The molecule has 1 aromatic rings. The molecule has 4 nitrogen and oxygen atoms in total. The van der Waals surface area contributed by atoms with Gasteiger partial charge in [-0.25, -0.2) is 0 Å². The van der Waals surface area contributed by atoms with Gasteiger partial charge in [0, 0.05) is 5.75 Å². The summed E-state index contributed by atoms with van der Waals surface area (Å²) in [7, 11) is 0. The summed E-state index contributed by atoms with van der Waals surface area (Å²) in [6.07, 6.45) is 0.626. The van der Waals surface area contributed by atoms with Gasteiger partial charge in [0.2, 0.25) is 5.12 Å². The predicted octanol–water partition coefficient (Wildman–Crippen LogP) is -0.711. The maximum atomic E-state index is 11.0. The van der Waals surface area contributed by atoms with E-state index < -0.39 is 17.2 Å². The van der Waals surface area contributed by atoms with Crippen molar-refractivity contribution in [3.05, 3.63) is 20.7 Å². The van der Waals surface area contributed by atoms with Gasteiger partial charge in [0.1, 0.15) is 6.04 Å². The summed E-state index contributed by atoms with van der Waals surface area (Å²) in [5.41, 5.74) is -1.02. The van der Waals surface area contributed by atoms with Crippen LogP contribution in [0.2, 0.25) is 0 Å². The maximum Gasteiger partial charge on any atom is 0.320 e. The molecule has 0 radical (unpaired) electrons. The summed E-state index contributed by atoms with van der Waals surface area (Å²) in [6, 6.07) is -0.444. The monoisotopic (exact) mass is 171 g/mol. The molecular weight excluding hydrogens is 166 g/mol. The molecule has 0 aromatic carbocycles. The minimum atomic E-state index is -0.508. The molecule has 0 aliphatic carbocycles. The molecule has 2 rings (SSSR count). The van der Waals surface area contributed by atoms with Crippen LogP contribution in [0.25, 0.3) is 0 Å². The second kappa shape index (κ2) is 2.07. The number of carbonyl (C=O) groups is 1. The molecule has 5 heteroatoms. The van der Waals surface area contributed by atoms with E-state index in [1.165, 1.54) is 11.8 Å². The van der Waals surface area contributed by atoms with Crippen LogP contribution in [0.1, 0.15) is 12.5 Å². The zero-order valence-electron chi connectivity index (χ0n) is 5.57. The molecule has 0 N–H and O–H groups in total. The summed E-state index contributed by atoms with van der Waals surface area (Å²) in [5.74, 6) is 0.723. The number of hydrogen-bond donors (Lipinski definition) is 0. The Labute approximate surface area is 65.9 Å². The molecule has 58 valence electrons. The van der Waals surface area contributed by atoms with Crippen molar-refractivity contribution in [1.29, 1.82) is 0 Å². The van der Waals surface area contributed by atoms with Crippen LogP contribution in [-0.2, 0) is 4.79 Å². The Morgan fingerprint density at radius 1 is 1.27 bits per heavy atom. The van der Waals surface area contributed by atoms with Crippen molar-refractivity contribution in [3.63, 3.8) is 0 Å². The summed E-state index contributed by atoms with van der Waals surface area (Å²) in [6.45, 7) is 0. The second-order valence-corrected chi connectivity index (χ2v) is 3.55. The number of hydrogen-bond acceptors (Lipinski definition) is 4. The average molecular weight is 171 g/mol. The van der Waals surface area contributed by atoms with E-state index in [2.05, 4.69) is 0 Å². The highest BCUT2D eigenvalue weighted by molar-refractivity contribution is 8.14. The summed E-state index contributed by atoms with van der Waals surface area (Å²) >= 11 is 1.19. The lowest BCUT2D eigenvalue weighted by atomic mass is 10.3. The van der Waals surface area contributed by atoms with Gasteiger partial charge < -0.3 is 0 Å². The lowest BCUT2D eigenvalue weighted by molar-refractivity contribution is -0.113. The van der Waals surface area contributed by atoms with E-state index in [1.807, 2.05) is 0 Å². The van der Waals surface area contributed by atoms with Gasteiger partial charge in [0.05, 0.1) is 0 Å². The SMILES string of the molecule is O=C1SCC[C@H]1n1c(=O)c1=O. The molecule has 1 saturated heterocycles. The molecular formula is C6H5NO3S. The Morgan fingerprint density at radius 3 is 2.27 bits per heavy atom. The largest absolute Gasteiger partial charge is 0.320 e. The highest BCUT2D eigenvalue weighted by Gasteiger charge is 2.34. The van der Waals surface area contributed by atoms with Gasteiger partial charge in [0.25, 0.3) is 0 Å². The quantitative estimate of drug-likeness (QED) is 0.524. The number of carbonyl (C=O) groups excluding carboxylic acids is 1. The molecule has 1 aromatic heterocycles. The first-order chi connectivity index (χ1) is 5.22. The Bertz CT molecular complexity index is 348. The first-order valence-electron chi connectivity index (χ1n) is 3.26. The summed E-state index contributed by atoms with van der Waals surface area (Å²) < 4.78 is 1.04. The van der Waals surface area contributed by atoms with Gasteiger partial charge in [0.15, 0.2) is 0 Å². The van der Waals surface area contributed by atoms with E-state index in [0.29, 0.717) is 6.42 Å². The van der Waals surface area contributed by atoms with Crippen LogP contribution in [0.4, 0.5) is 0 Å². The first-order valence-corrected chi connectivity index (χ1v) is 4.24. The van der Waals surface area contributed by atoms with Crippen LogP contribution < -0.4 is 11.1 Å². The zero-order valence-corrected chi connectivity index (χ0v) is 6.39. The fraction of sp³-hybridized carbons (Fsp3) is 0.500. The van der Waals surface area contributed by atoms with Crippen molar-refractivity contribution in [2.24, 2.45) is 0 Å². The van der Waals surface area contributed by atoms with Gasteiger partial charge in [-0.05, 0) is 6.42 Å². The molecule has 1 fully saturated rings. The zero-order chi connectivity index (χ0) is 8.01. The Kier molecular flexibility index (Phi) is 1.29. The van der Waals surface area contributed by atoms with Crippen molar-refractivity contribution in [2.75, 3.05) is 5.75 Å². The van der Waals surface area contributed by atoms with E-state index in [9.17, 15) is 14.4 Å². The van der Waals surface area contributed by atoms with E-state index in [0.717, 1.165) is 10.3 Å². The minimum absolute atomic E-state index is 0.0517. The van der Waals surface area contributed by atoms with Crippen LogP contribution >= 0.6 is 11.8 Å². The van der Waals surface area contributed by atoms with E-state index >= 15 is 0 Å². The van der Waals surface area contributed by atoms with Gasteiger partial charge in [-0.2, -0.15) is 0 Å². The minimum Gasteiger partial charge on any atom is -0.285 e.